The number of hydrogen-bond acceptors (Lipinski definition) is 2. The maximum Gasteiger partial charge on any atom is 0.129 e. The van der Waals surface area contributed by atoms with Gasteiger partial charge in [-0.3, -0.25) is 5.32 Å². The summed E-state index contributed by atoms with van der Waals surface area (Å²) in [4.78, 5) is 0. The van der Waals surface area contributed by atoms with Crippen LogP contribution < -0.4 is 5.32 Å². The zero-order valence-corrected chi connectivity index (χ0v) is 22.9. The van der Waals surface area contributed by atoms with E-state index >= 15 is 0 Å². The summed E-state index contributed by atoms with van der Waals surface area (Å²) in [6, 6.07) is 11.0. The highest BCUT2D eigenvalue weighted by molar-refractivity contribution is 6.76. The van der Waals surface area contributed by atoms with Gasteiger partial charge in [-0.25, -0.2) is 0 Å². The zero-order valence-electron chi connectivity index (χ0n) is 21.9. The third-order valence-electron chi connectivity index (χ3n) is 9.19. The highest BCUT2D eigenvalue weighted by Crippen LogP contribution is 2.59. The third-order valence-corrected chi connectivity index (χ3v) is 13.5. The van der Waals surface area contributed by atoms with Gasteiger partial charge in [0.2, 0.25) is 0 Å². The van der Waals surface area contributed by atoms with Crippen molar-refractivity contribution in [2.24, 2.45) is 29.6 Å². The van der Waals surface area contributed by atoms with Crippen LogP contribution in [0.25, 0.3) is 0 Å². The molecule has 6 rings (SSSR count). The first-order valence-electron chi connectivity index (χ1n) is 13.7. The molecule has 3 heteroatoms. The second-order valence-electron chi connectivity index (χ2n) is 11.9. The molecule has 2 fully saturated rings. The average Bonchev–Trinajstić information content (AvgIpc) is 3.46. The van der Waals surface area contributed by atoms with E-state index in [1.54, 1.807) is 0 Å². The Hall–Kier alpha value is -2.64. The van der Waals surface area contributed by atoms with Crippen molar-refractivity contribution in [3.05, 3.63) is 108 Å². The number of hydrogen-bond donors (Lipinski definition) is 1. The van der Waals surface area contributed by atoms with Crippen molar-refractivity contribution >= 4 is 8.24 Å². The Kier molecular flexibility index (Phi) is 6.16. The lowest BCUT2D eigenvalue weighted by atomic mass is 9.83. The van der Waals surface area contributed by atoms with E-state index in [9.17, 15) is 0 Å². The first kappa shape index (κ1) is 23.7. The number of fused-ring (bicyclic) bond motifs is 4. The van der Waals surface area contributed by atoms with Crippen LogP contribution in [0.5, 0.6) is 0 Å². The standard InChI is InChI=1S/C33H38N2Si/c1-23(2)33-34-31-25(22-21-24-13-6-5-7-14-24)15-12-20-30(31)35(33)36(3,4)32-28-18-10-8-16-26(28)27-17-9-11-19-29(27)32/h5-20,23,26-34H,1-4H3/t26?,27?,28?,29?,30-,31?,32?,33-/m1/s1. The molecule has 1 saturated heterocycles. The van der Waals surface area contributed by atoms with Gasteiger partial charge in [0, 0.05) is 17.2 Å². The van der Waals surface area contributed by atoms with E-state index in [2.05, 4.69) is 140 Å². The van der Waals surface area contributed by atoms with E-state index in [1.165, 1.54) is 5.57 Å². The Bertz CT molecular complexity index is 1200. The highest BCUT2D eigenvalue weighted by Gasteiger charge is 2.59. The molecular formula is C33H38N2Si. The Morgan fingerprint density at radius 1 is 0.778 bits per heavy atom. The first-order valence-corrected chi connectivity index (χ1v) is 16.7. The van der Waals surface area contributed by atoms with Crippen molar-refractivity contribution in [1.29, 1.82) is 0 Å². The maximum absolute atomic E-state index is 4.08. The summed E-state index contributed by atoms with van der Waals surface area (Å²) in [5.74, 6) is 9.97. The fraction of sp³-hybridized carbons (Fsp3) is 0.394. The van der Waals surface area contributed by atoms with Gasteiger partial charge in [-0.15, -0.1) is 0 Å². The van der Waals surface area contributed by atoms with Crippen LogP contribution in [0, 0.1) is 41.4 Å². The van der Waals surface area contributed by atoms with Crippen LogP contribution in [-0.2, 0) is 0 Å². The minimum atomic E-state index is -1.93. The van der Waals surface area contributed by atoms with Gasteiger partial charge in [0.1, 0.15) is 8.24 Å². The summed E-state index contributed by atoms with van der Waals surface area (Å²) in [6.07, 6.45) is 26.5. The highest BCUT2D eigenvalue weighted by atomic mass is 28.3. The number of allylic oxidation sites excluding steroid dienone is 10. The lowest BCUT2D eigenvalue weighted by Gasteiger charge is -2.49. The fourth-order valence-electron chi connectivity index (χ4n) is 7.75. The molecule has 1 heterocycles. The van der Waals surface area contributed by atoms with Gasteiger partial charge >= 0.3 is 0 Å². The van der Waals surface area contributed by atoms with E-state index in [1.807, 2.05) is 6.07 Å². The normalized spacial score (nSPS) is 36.3. The number of nitrogens with zero attached hydrogens (tertiary/aromatic N) is 1. The molecule has 36 heavy (non-hydrogen) atoms. The molecule has 0 amide bonds. The second-order valence-corrected chi connectivity index (χ2v) is 16.4. The molecule has 5 unspecified atom stereocenters. The zero-order chi connectivity index (χ0) is 24.9. The van der Waals surface area contributed by atoms with Crippen molar-refractivity contribution in [2.75, 3.05) is 0 Å². The molecule has 0 radical (unpaired) electrons. The summed E-state index contributed by atoms with van der Waals surface area (Å²) in [6.45, 7) is 10.1. The maximum atomic E-state index is 4.08. The monoisotopic (exact) mass is 490 g/mol. The molecule has 0 aromatic heterocycles. The van der Waals surface area contributed by atoms with Crippen LogP contribution in [0.1, 0.15) is 19.4 Å². The molecule has 0 spiro atoms. The third kappa shape index (κ3) is 3.87. The summed E-state index contributed by atoms with van der Waals surface area (Å²) < 4.78 is 2.96. The molecular weight excluding hydrogens is 452 g/mol. The number of benzene rings is 1. The predicted molar refractivity (Wildman–Crippen MR) is 153 cm³/mol. The van der Waals surface area contributed by atoms with Gasteiger partial charge in [0.05, 0.1) is 12.2 Å². The van der Waals surface area contributed by atoms with Gasteiger partial charge in [-0.1, -0.05) is 118 Å². The van der Waals surface area contributed by atoms with Crippen molar-refractivity contribution < 1.29 is 0 Å². The van der Waals surface area contributed by atoms with Crippen LogP contribution >= 0.6 is 0 Å². The van der Waals surface area contributed by atoms with Crippen molar-refractivity contribution in [2.45, 2.75) is 50.7 Å². The molecule has 5 aliphatic rings. The fourth-order valence-corrected chi connectivity index (χ4v) is 12.7. The van der Waals surface area contributed by atoms with E-state index in [0.717, 1.165) is 5.56 Å². The molecule has 1 N–H and O–H groups in total. The average molecular weight is 491 g/mol. The molecule has 1 aliphatic heterocycles. The molecule has 4 aliphatic carbocycles. The van der Waals surface area contributed by atoms with Gasteiger partial charge in [0.25, 0.3) is 0 Å². The van der Waals surface area contributed by atoms with Gasteiger partial charge < -0.3 is 4.57 Å². The quantitative estimate of drug-likeness (QED) is 0.386. The Labute approximate surface area is 218 Å². The van der Waals surface area contributed by atoms with E-state index < -0.39 is 8.24 Å². The Morgan fingerprint density at radius 3 is 2.00 bits per heavy atom. The molecule has 1 saturated carbocycles. The van der Waals surface area contributed by atoms with Crippen LogP contribution in [0.3, 0.4) is 0 Å². The minimum Gasteiger partial charge on any atom is -0.301 e. The van der Waals surface area contributed by atoms with Crippen LogP contribution in [-0.4, -0.2) is 31.1 Å². The second kappa shape index (κ2) is 9.34. The number of rotatable bonds is 3. The van der Waals surface area contributed by atoms with Gasteiger partial charge in [0.15, 0.2) is 0 Å². The summed E-state index contributed by atoms with van der Waals surface area (Å²) >= 11 is 0. The summed E-state index contributed by atoms with van der Waals surface area (Å²) in [7, 11) is -1.93. The SMILES string of the molecule is CC(C)[C@@H]1NC2C(C#Cc3ccccc3)=CC=C[C@H]2N1[Si](C)(C)C1C2C=CC=CC2C2C=CC=CC21. The molecule has 2 nitrogen and oxygen atoms in total. The molecule has 1 aromatic rings. The van der Waals surface area contributed by atoms with E-state index in [0.29, 0.717) is 47.3 Å². The largest absolute Gasteiger partial charge is 0.301 e. The molecule has 1 aromatic carbocycles. The predicted octanol–water partition coefficient (Wildman–Crippen LogP) is 6.46. The van der Waals surface area contributed by atoms with E-state index in [-0.39, 0.29) is 6.04 Å². The van der Waals surface area contributed by atoms with Crippen LogP contribution in [0.4, 0.5) is 0 Å². The van der Waals surface area contributed by atoms with Gasteiger partial charge in [-0.2, -0.15) is 0 Å². The molecule has 0 bridgehead atoms. The van der Waals surface area contributed by atoms with Gasteiger partial charge in [-0.05, 0) is 53.3 Å². The van der Waals surface area contributed by atoms with Crippen molar-refractivity contribution in [3.63, 3.8) is 0 Å². The molecule has 184 valence electrons. The summed E-state index contributed by atoms with van der Waals surface area (Å²) in [5.41, 5.74) is 2.97. The van der Waals surface area contributed by atoms with Crippen LogP contribution in [0.15, 0.2) is 103 Å². The lowest BCUT2D eigenvalue weighted by molar-refractivity contribution is 0.258. The topological polar surface area (TPSA) is 15.3 Å². The number of nitrogens with one attached hydrogen (secondary N) is 1. The lowest BCUT2D eigenvalue weighted by Crippen LogP contribution is -2.61. The van der Waals surface area contributed by atoms with Crippen molar-refractivity contribution in [1.82, 2.24) is 9.88 Å². The minimum absolute atomic E-state index is 0.252. The Balaban J connectivity index is 1.36. The summed E-state index contributed by atoms with van der Waals surface area (Å²) in [5, 5.41) is 4.08. The van der Waals surface area contributed by atoms with Crippen molar-refractivity contribution in [3.8, 4) is 11.8 Å². The Morgan fingerprint density at radius 2 is 1.39 bits per heavy atom. The smallest absolute Gasteiger partial charge is 0.129 e. The molecule has 7 atom stereocenters. The first-order chi connectivity index (χ1) is 17.5. The van der Waals surface area contributed by atoms with E-state index in [4.69, 9.17) is 0 Å². The van der Waals surface area contributed by atoms with Crippen LogP contribution in [0.2, 0.25) is 18.6 Å².